The maximum atomic E-state index is 13.1. The van der Waals surface area contributed by atoms with Crippen LogP contribution in [0.1, 0.15) is 16.8 Å². The Morgan fingerprint density at radius 2 is 1.46 bits per heavy atom. The highest BCUT2D eigenvalue weighted by Gasteiger charge is 2.38. The fraction of sp³-hybridized carbons (Fsp3) is 0.200. The molecule has 1 amide bonds. The van der Waals surface area contributed by atoms with E-state index in [1.54, 1.807) is 5.32 Å². The van der Waals surface area contributed by atoms with E-state index in [0.29, 0.717) is 10.7 Å². The van der Waals surface area contributed by atoms with Crippen LogP contribution in [-0.2, 0) is 23.3 Å². The van der Waals surface area contributed by atoms with Crippen molar-refractivity contribution in [2.45, 2.75) is 18.5 Å². The number of benzene rings is 2. The van der Waals surface area contributed by atoms with Crippen LogP contribution < -0.4 is 10.1 Å². The number of rotatable bonds is 5. The molecular formula is C20H11ClF9N3O2. The maximum absolute atomic E-state index is 13.1. The molecule has 0 aliphatic rings. The van der Waals surface area contributed by atoms with Crippen LogP contribution >= 0.6 is 11.6 Å². The number of nitrogens with one attached hydrogen (secondary N) is 1. The van der Waals surface area contributed by atoms with Gasteiger partial charge in [0.1, 0.15) is 0 Å². The topological polar surface area (TPSA) is 56.1 Å². The average molecular weight is 532 g/mol. The number of hydrogen-bond donors (Lipinski definition) is 1. The normalized spacial score (nSPS) is 12.5. The molecule has 0 saturated carbocycles. The van der Waals surface area contributed by atoms with Gasteiger partial charge in [-0.1, -0.05) is 23.7 Å². The molecular weight excluding hydrogens is 521 g/mol. The first-order valence-electron chi connectivity index (χ1n) is 9.20. The van der Waals surface area contributed by atoms with Gasteiger partial charge in [-0.15, -0.1) is 0 Å². The Hall–Kier alpha value is -3.42. The highest BCUT2D eigenvalue weighted by Crippen LogP contribution is 2.38. The van der Waals surface area contributed by atoms with Crippen LogP contribution in [0.2, 0.25) is 5.02 Å². The van der Waals surface area contributed by atoms with Crippen LogP contribution in [0.4, 0.5) is 45.2 Å². The molecule has 1 aromatic heterocycles. The first-order valence-corrected chi connectivity index (χ1v) is 9.58. The number of alkyl halides is 9. The second-order valence-electron chi connectivity index (χ2n) is 6.86. The predicted octanol–water partition coefficient (Wildman–Crippen LogP) is 6.60. The Morgan fingerprint density at radius 3 is 1.97 bits per heavy atom. The molecule has 0 atom stereocenters. The summed E-state index contributed by atoms with van der Waals surface area (Å²) in [4.78, 5) is 12.1. The average Bonchev–Trinajstić information content (AvgIpc) is 3.16. The zero-order valence-corrected chi connectivity index (χ0v) is 17.6. The van der Waals surface area contributed by atoms with Crippen LogP contribution in [0.25, 0.3) is 5.69 Å². The molecule has 0 aliphatic carbocycles. The summed E-state index contributed by atoms with van der Waals surface area (Å²) in [5.74, 6) is -1.86. The molecule has 1 N–H and O–H groups in total. The third-order valence-electron chi connectivity index (χ3n) is 4.27. The van der Waals surface area contributed by atoms with Gasteiger partial charge in [-0.2, -0.15) is 49.3 Å². The second kappa shape index (κ2) is 9.32. The summed E-state index contributed by atoms with van der Waals surface area (Å²) >= 11 is 5.97. The summed E-state index contributed by atoms with van der Waals surface area (Å²) in [6, 6.07) is 6.40. The summed E-state index contributed by atoms with van der Waals surface area (Å²) in [5, 5.41) is 5.13. The lowest BCUT2D eigenvalue weighted by atomic mass is 10.1. The molecule has 5 nitrogen and oxygen atoms in total. The van der Waals surface area contributed by atoms with E-state index in [1.165, 1.54) is 24.3 Å². The predicted molar refractivity (Wildman–Crippen MR) is 104 cm³/mol. The number of para-hydroxylation sites is 1. The van der Waals surface area contributed by atoms with Gasteiger partial charge in [0.15, 0.2) is 12.3 Å². The number of nitrogens with zero attached hydrogens (tertiary/aromatic N) is 2. The van der Waals surface area contributed by atoms with E-state index in [2.05, 4.69) is 5.10 Å². The minimum Gasteiger partial charge on any atom is -0.467 e. The number of carbonyl (C=O) groups excluding carboxylic acids is 1. The molecule has 0 saturated heterocycles. The Labute approximate surface area is 195 Å². The van der Waals surface area contributed by atoms with Gasteiger partial charge in [0, 0.05) is 11.8 Å². The van der Waals surface area contributed by atoms with Gasteiger partial charge >= 0.3 is 18.5 Å². The molecule has 3 aromatic rings. The first-order chi connectivity index (χ1) is 16.1. The smallest absolute Gasteiger partial charge is 0.435 e. The second-order valence-corrected chi connectivity index (χ2v) is 7.27. The van der Waals surface area contributed by atoms with Crippen molar-refractivity contribution in [2.24, 2.45) is 0 Å². The summed E-state index contributed by atoms with van der Waals surface area (Å²) in [5.41, 5.74) is -5.64. The van der Waals surface area contributed by atoms with E-state index < -0.39 is 59.4 Å². The van der Waals surface area contributed by atoms with Crippen molar-refractivity contribution in [2.75, 3.05) is 11.9 Å². The quantitative estimate of drug-likeness (QED) is 0.378. The molecule has 0 spiro atoms. The first kappa shape index (κ1) is 26.2. The van der Waals surface area contributed by atoms with Gasteiger partial charge in [-0.25, -0.2) is 0 Å². The van der Waals surface area contributed by atoms with Gasteiger partial charge in [-0.3, -0.25) is 4.79 Å². The van der Waals surface area contributed by atoms with Crippen molar-refractivity contribution in [3.05, 3.63) is 70.4 Å². The van der Waals surface area contributed by atoms with Crippen molar-refractivity contribution in [3.63, 3.8) is 0 Å². The largest absolute Gasteiger partial charge is 0.467 e. The highest BCUT2D eigenvalue weighted by atomic mass is 35.5. The third-order valence-corrected chi connectivity index (χ3v) is 4.59. The molecule has 35 heavy (non-hydrogen) atoms. The SMILES string of the molecule is O=C(COc1cc(C(F)(F)F)nn1-c1ccccc1Cl)Nc1cc(C(F)(F)F)cc(C(F)(F)F)c1. The zero-order chi connectivity index (χ0) is 26.2. The van der Waals surface area contributed by atoms with Gasteiger partial charge in [0.05, 0.1) is 21.8 Å². The Kier molecular flexibility index (Phi) is 6.97. The maximum Gasteiger partial charge on any atom is 0.435 e. The minimum absolute atomic E-state index is 0.0257. The van der Waals surface area contributed by atoms with Crippen LogP contribution in [-0.4, -0.2) is 22.3 Å². The van der Waals surface area contributed by atoms with Gasteiger partial charge < -0.3 is 10.1 Å². The van der Waals surface area contributed by atoms with Crippen LogP contribution in [0.3, 0.4) is 0 Å². The molecule has 3 rings (SSSR count). The van der Waals surface area contributed by atoms with E-state index in [-0.39, 0.29) is 28.9 Å². The Balaban J connectivity index is 1.86. The molecule has 2 aromatic carbocycles. The molecule has 0 bridgehead atoms. The van der Waals surface area contributed by atoms with Crippen molar-refractivity contribution in [1.82, 2.24) is 9.78 Å². The van der Waals surface area contributed by atoms with Crippen LogP contribution in [0.15, 0.2) is 48.5 Å². The summed E-state index contributed by atoms with van der Waals surface area (Å²) in [6.45, 7) is -1.08. The number of ether oxygens (including phenoxy) is 1. The van der Waals surface area contributed by atoms with Crippen LogP contribution in [0, 0.1) is 0 Å². The van der Waals surface area contributed by atoms with E-state index in [4.69, 9.17) is 16.3 Å². The van der Waals surface area contributed by atoms with Crippen molar-refractivity contribution < 1.29 is 49.0 Å². The Morgan fingerprint density at radius 1 is 0.886 bits per heavy atom. The molecule has 0 fully saturated rings. The van der Waals surface area contributed by atoms with Crippen molar-refractivity contribution in [3.8, 4) is 11.6 Å². The number of aromatic nitrogens is 2. The van der Waals surface area contributed by atoms with E-state index in [0.717, 1.165) is 0 Å². The fourth-order valence-corrected chi connectivity index (χ4v) is 2.98. The van der Waals surface area contributed by atoms with E-state index in [9.17, 15) is 44.3 Å². The van der Waals surface area contributed by atoms with E-state index in [1.807, 2.05) is 0 Å². The van der Waals surface area contributed by atoms with Crippen molar-refractivity contribution in [1.29, 1.82) is 0 Å². The lowest BCUT2D eigenvalue weighted by Gasteiger charge is -2.15. The standard InChI is InChI=1S/C20H11ClF9N3O2/c21-13-3-1-2-4-14(13)33-17(8-15(32-33)20(28,29)30)35-9-16(34)31-12-6-10(18(22,23)24)5-11(7-12)19(25,26)27/h1-8H,9H2,(H,31,34). The van der Waals surface area contributed by atoms with Crippen LogP contribution in [0.5, 0.6) is 5.88 Å². The molecule has 15 heteroatoms. The monoisotopic (exact) mass is 531 g/mol. The molecule has 0 radical (unpaired) electrons. The third kappa shape index (κ3) is 6.38. The molecule has 0 unspecified atom stereocenters. The molecule has 188 valence electrons. The lowest BCUT2D eigenvalue weighted by Crippen LogP contribution is -2.22. The summed E-state index contributed by atoms with van der Waals surface area (Å²) in [7, 11) is 0. The van der Waals surface area contributed by atoms with Gasteiger partial charge in [-0.05, 0) is 30.3 Å². The number of anilines is 1. The Bertz CT molecular complexity index is 1200. The summed E-state index contributed by atoms with van der Waals surface area (Å²) in [6.07, 6.45) is -15.2. The number of carbonyl (C=O) groups is 1. The fourth-order valence-electron chi connectivity index (χ4n) is 2.77. The summed E-state index contributed by atoms with van der Waals surface area (Å²) < 4.78 is 123. The van der Waals surface area contributed by atoms with E-state index >= 15 is 0 Å². The number of amides is 1. The highest BCUT2D eigenvalue weighted by molar-refractivity contribution is 6.32. The zero-order valence-electron chi connectivity index (χ0n) is 16.8. The number of hydrogen-bond acceptors (Lipinski definition) is 3. The van der Waals surface area contributed by atoms with Gasteiger partial charge in [0.2, 0.25) is 5.88 Å². The molecule has 0 aliphatic heterocycles. The lowest BCUT2D eigenvalue weighted by molar-refractivity contribution is -0.143. The molecule has 1 heterocycles. The van der Waals surface area contributed by atoms with Crippen molar-refractivity contribution >= 4 is 23.2 Å². The van der Waals surface area contributed by atoms with Gasteiger partial charge in [0.25, 0.3) is 5.91 Å². The number of halogens is 10. The minimum atomic E-state index is -5.15.